The van der Waals surface area contributed by atoms with Crippen LogP contribution in [-0.4, -0.2) is 10.9 Å². The first-order chi connectivity index (χ1) is 10.6. The van der Waals surface area contributed by atoms with Crippen LogP contribution < -0.4 is 10.9 Å². The highest BCUT2D eigenvalue weighted by Crippen LogP contribution is 2.10. The summed E-state index contributed by atoms with van der Waals surface area (Å²) in [6, 6.07) is 16.9. The second-order valence-electron chi connectivity index (χ2n) is 5.27. The Labute approximate surface area is 127 Å². The van der Waals surface area contributed by atoms with Crippen LogP contribution in [0.1, 0.15) is 21.5 Å². The first-order valence-electron chi connectivity index (χ1n) is 7.09. The molecule has 1 amide bonds. The summed E-state index contributed by atoms with van der Waals surface area (Å²) < 4.78 is 0. The van der Waals surface area contributed by atoms with Gasteiger partial charge in [-0.3, -0.25) is 9.59 Å². The Morgan fingerprint density at radius 2 is 1.82 bits per heavy atom. The molecule has 0 aliphatic rings. The van der Waals surface area contributed by atoms with Gasteiger partial charge >= 0.3 is 0 Å². The number of para-hydroxylation sites is 1. The van der Waals surface area contributed by atoms with E-state index in [0.29, 0.717) is 6.54 Å². The largest absolute Gasteiger partial charge is 0.348 e. The van der Waals surface area contributed by atoms with Crippen molar-refractivity contribution in [3.8, 4) is 0 Å². The predicted octanol–water partition coefficient (Wildman–Crippen LogP) is 2.77. The Morgan fingerprint density at radius 3 is 2.59 bits per heavy atom. The summed E-state index contributed by atoms with van der Waals surface area (Å²) in [4.78, 5) is 27.0. The normalized spacial score (nSPS) is 10.6. The molecule has 0 aliphatic carbocycles. The number of hydrogen-bond acceptors (Lipinski definition) is 2. The third kappa shape index (κ3) is 2.91. The van der Waals surface area contributed by atoms with Crippen molar-refractivity contribution in [3.05, 3.63) is 81.6 Å². The highest BCUT2D eigenvalue weighted by Gasteiger charge is 2.11. The van der Waals surface area contributed by atoms with Crippen LogP contribution in [0.5, 0.6) is 0 Å². The summed E-state index contributed by atoms with van der Waals surface area (Å²) in [5.74, 6) is -0.368. The number of carbonyl (C=O) groups excluding carboxylic acids is 1. The molecule has 1 heterocycles. The van der Waals surface area contributed by atoms with E-state index >= 15 is 0 Å². The second kappa shape index (κ2) is 5.85. The van der Waals surface area contributed by atoms with Crippen LogP contribution in [0.3, 0.4) is 0 Å². The number of amides is 1. The van der Waals surface area contributed by atoms with Crippen molar-refractivity contribution in [2.24, 2.45) is 0 Å². The fraction of sp³-hybridized carbons (Fsp3) is 0.111. The van der Waals surface area contributed by atoms with Gasteiger partial charge in [-0.15, -0.1) is 0 Å². The lowest BCUT2D eigenvalue weighted by Crippen LogP contribution is -2.29. The number of rotatable bonds is 3. The molecule has 0 saturated heterocycles. The molecule has 0 spiro atoms. The van der Waals surface area contributed by atoms with E-state index in [9.17, 15) is 9.59 Å². The number of hydrogen-bond donors (Lipinski definition) is 2. The first kappa shape index (κ1) is 14.1. The van der Waals surface area contributed by atoms with Crippen LogP contribution in [-0.2, 0) is 6.54 Å². The van der Waals surface area contributed by atoms with E-state index in [1.165, 1.54) is 5.56 Å². The number of aryl methyl sites for hydroxylation is 1. The van der Waals surface area contributed by atoms with Crippen molar-refractivity contribution in [2.45, 2.75) is 13.5 Å². The number of pyridine rings is 1. The van der Waals surface area contributed by atoms with Crippen LogP contribution in [0.25, 0.3) is 10.9 Å². The molecule has 0 fully saturated rings. The molecular formula is C18H16N2O2. The summed E-state index contributed by atoms with van der Waals surface area (Å²) in [6.45, 7) is 2.41. The molecular weight excluding hydrogens is 276 g/mol. The maximum Gasteiger partial charge on any atom is 0.261 e. The molecule has 0 atom stereocenters. The lowest BCUT2D eigenvalue weighted by molar-refractivity contribution is 0.0949. The summed E-state index contributed by atoms with van der Waals surface area (Å²) in [5.41, 5.74) is 2.64. The number of nitrogens with one attached hydrogen (secondary N) is 2. The summed E-state index contributed by atoms with van der Waals surface area (Å²) in [6.07, 6.45) is 0. The summed E-state index contributed by atoms with van der Waals surface area (Å²) >= 11 is 0. The minimum atomic E-state index is -0.375. The molecule has 0 unspecified atom stereocenters. The Morgan fingerprint density at radius 1 is 1.09 bits per heavy atom. The Balaban J connectivity index is 1.81. The van der Waals surface area contributed by atoms with E-state index in [-0.39, 0.29) is 17.0 Å². The monoisotopic (exact) mass is 292 g/mol. The molecule has 2 N–H and O–H groups in total. The molecule has 4 nitrogen and oxygen atoms in total. The molecule has 2 aromatic carbocycles. The molecule has 0 saturated carbocycles. The number of H-pyrrole nitrogens is 1. The Hall–Kier alpha value is -2.88. The van der Waals surface area contributed by atoms with E-state index in [1.807, 2.05) is 55.5 Å². The summed E-state index contributed by atoms with van der Waals surface area (Å²) in [7, 11) is 0. The molecule has 3 rings (SSSR count). The molecule has 22 heavy (non-hydrogen) atoms. The smallest absolute Gasteiger partial charge is 0.261 e. The van der Waals surface area contributed by atoms with Crippen LogP contribution in [0.4, 0.5) is 0 Å². The van der Waals surface area contributed by atoms with Crippen molar-refractivity contribution < 1.29 is 4.79 Å². The molecule has 1 aromatic heterocycles. The van der Waals surface area contributed by atoms with Gasteiger partial charge in [0, 0.05) is 12.1 Å². The number of fused-ring (bicyclic) bond motifs is 1. The van der Waals surface area contributed by atoms with E-state index in [4.69, 9.17) is 0 Å². The van der Waals surface area contributed by atoms with Crippen LogP contribution in [0.15, 0.2) is 59.4 Å². The molecule has 0 aliphatic heterocycles. The van der Waals surface area contributed by atoms with E-state index in [2.05, 4.69) is 10.3 Å². The average Bonchev–Trinajstić information content (AvgIpc) is 2.53. The standard InChI is InChI=1S/C18H16N2O2/c1-12-6-8-13(9-7-12)11-19-17(21)15-10-14-4-2-3-5-16(14)20-18(15)22/h2-10H,11H2,1H3,(H,19,21)(H,20,22). The Kier molecular flexibility index (Phi) is 3.74. The van der Waals surface area contributed by atoms with Gasteiger partial charge in [0.15, 0.2) is 0 Å². The zero-order chi connectivity index (χ0) is 15.5. The maximum absolute atomic E-state index is 12.2. The van der Waals surface area contributed by atoms with Gasteiger partial charge in [-0.25, -0.2) is 0 Å². The second-order valence-corrected chi connectivity index (χ2v) is 5.27. The van der Waals surface area contributed by atoms with Gasteiger partial charge < -0.3 is 10.3 Å². The highest BCUT2D eigenvalue weighted by molar-refractivity contribution is 5.97. The maximum atomic E-state index is 12.2. The van der Waals surface area contributed by atoms with Crippen LogP contribution in [0, 0.1) is 6.92 Å². The molecule has 0 bridgehead atoms. The minimum absolute atomic E-state index is 0.130. The van der Waals surface area contributed by atoms with Crippen molar-refractivity contribution in [2.75, 3.05) is 0 Å². The molecule has 4 heteroatoms. The number of carbonyl (C=O) groups is 1. The van der Waals surface area contributed by atoms with Gasteiger partial charge in [-0.1, -0.05) is 48.0 Å². The first-order valence-corrected chi connectivity index (χ1v) is 7.09. The number of benzene rings is 2. The van der Waals surface area contributed by atoms with Crippen LogP contribution in [0.2, 0.25) is 0 Å². The lowest BCUT2D eigenvalue weighted by atomic mass is 10.1. The molecule has 3 aromatic rings. The van der Waals surface area contributed by atoms with Gasteiger partial charge in [0.25, 0.3) is 11.5 Å². The average molecular weight is 292 g/mol. The Bertz CT molecular complexity index is 879. The van der Waals surface area contributed by atoms with E-state index in [1.54, 1.807) is 6.07 Å². The van der Waals surface area contributed by atoms with E-state index < -0.39 is 0 Å². The van der Waals surface area contributed by atoms with Crippen molar-refractivity contribution in [1.29, 1.82) is 0 Å². The van der Waals surface area contributed by atoms with Gasteiger partial charge in [0.1, 0.15) is 5.56 Å². The molecule has 110 valence electrons. The fourth-order valence-electron chi connectivity index (χ4n) is 2.30. The number of aromatic amines is 1. The minimum Gasteiger partial charge on any atom is -0.348 e. The zero-order valence-corrected chi connectivity index (χ0v) is 12.2. The van der Waals surface area contributed by atoms with Gasteiger partial charge in [0.2, 0.25) is 0 Å². The van der Waals surface area contributed by atoms with Gasteiger partial charge in [0.05, 0.1) is 0 Å². The topological polar surface area (TPSA) is 62.0 Å². The van der Waals surface area contributed by atoms with Crippen molar-refractivity contribution >= 4 is 16.8 Å². The highest BCUT2D eigenvalue weighted by atomic mass is 16.2. The van der Waals surface area contributed by atoms with Gasteiger partial charge in [-0.2, -0.15) is 0 Å². The van der Waals surface area contributed by atoms with Crippen molar-refractivity contribution in [3.63, 3.8) is 0 Å². The quantitative estimate of drug-likeness (QED) is 0.779. The van der Waals surface area contributed by atoms with E-state index in [0.717, 1.165) is 16.5 Å². The molecule has 0 radical (unpaired) electrons. The lowest BCUT2D eigenvalue weighted by Gasteiger charge is -2.06. The third-order valence-electron chi connectivity index (χ3n) is 3.57. The zero-order valence-electron chi connectivity index (χ0n) is 12.2. The predicted molar refractivity (Wildman–Crippen MR) is 86.9 cm³/mol. The van der Waals surface area contributed by atoms with Gasteiger partial charge in [-0.05, 0) is 30.0 Å². The SMILES string of the molecule is Cc1ccc(CNC(=O)c2cc3ccccc3[nH]c2=O)cc1. The fourth-order valence-corrected chi connectivity index (χ4v) is 2.30. The third-order valence-corrected chi connectivity index (χ3v) is 3.57. The summed E-state index contributed by atoms with van der Waals surface area (Å²) in [5, 5.41) is 3.62. The van der Waals surface area contributed by atoms with Crippen LogP contribution >= 0.6 is 0 Å². The number of aromatic nitrogens is 1. The van der Waals surface area contributed by atoms with Crippen molar-refractivity contribution in [1.82, 2.24) is 10.3 Å².